The Balaban J connectivity index is 1.57. The predicted octanol–water partition coefficient (Wildman–Crippen LogP) is 7.24. The van der Waals surface area contributed by atoms with E-state index in [1.165, 1.54) is 27.4 Å². The van der Waals surface area contributed by atoms with Gasteiger partial charge in [0, 0.05) is 47.6 Å². The van der Waals surface area contributed by atoms with Gasteiger partial charge in [0.15, 0.2) is 0 Å². The zero-order valence-electron chi connectivity index (χ0n) is 19.1. The van der Waals surface area contributed by atoms with Crippen molar-refractivity contribution in [1.29, 1.82) is 0 Å². The van der Waals surface area contributed by atoms with Gasteiger partial charge < -0.3 is 9.13 Å². The molecular weight excluding hydrogens is 368 g/mol. The minimum Gasteiger partial charge on any atom is -0.343 e. The van der Waals surface area contributed by atoms with E-state index in [1.807, 2.05) is 18.6 Å². The predicted molar refractivity (Wildman–Crippen MR) is 126 cm³/mol. The van der Waals surface area contributed by atoms with Gasteiger partial charge in [-0.25, -0.2) is 4.98 Å². The fraction of sp³-hybridized carbons (Fsp3) is 0.462. The molecule has 0 saturated heterocycles. The lowest BCUT2D eigenvalue weighted by atomic mass is 9.94. The Morgan fingerprint density at radius 3 is 2.33 bits per heavy atom. The molecular formula is C26H34N4. The van der Waals surface area contributed by atoms with Crippen LogP contribution >= 0.6 is 0 Å². The molecule has 0 aliphatic heterocycles. The van der Waals surface area contributed by atoms with Crippen LogP contribution in [0.15, 0.2) is 49.2 Å². The number of nitrogens with zero attached hydrogens (tertiary/aromatic N) is 4. The lowest BCUT2D eigenvalue weighted by Crippen LogP contribution is -2.06. The van der Waals surface area contributed by atoms with Gasteiger partial charge in [0.05, 0.1) is 11.7 Å². The number of hydrogen-bond acceptors (Lipinski definition) is 2. The Labute approximate surface area is 180 Å². The van der Waals surface area contributed by atoms with Crippen molar-refractivity contribution in [3.8, 4) is 0 Å². The molecule has 0 radical (unpaired) electrons. The average molecular weight is 403 g/mol. The number of rotatable bonds is 7. The van der Waals surface area contributed by atoms with Gasteiger partial charge in [-0.3, -0.25) is 4.98 Å². The molecule has 30 heavy (non-hydrogen) atoms. The molecule has 4 nitrogen and oxygen atoms in total. The molecule has 158 valence electrons. The minimum absolute atomic E-state index is 0.412. The fourth-order valence-electron chi connectivity index (χ4n) is 4.63. The maximum absolute atomic E-state index is 4.65. The quantitative estimate of drug-likeness (QED) is 0.327. The standard InChI is InChI=1S/C26H34N4/c1-17(2)23-15-30(25-14-27-13-11-21(23)25)20(6)10-9-19(5)24-16-29(18(3)4)26-22(24)8-7-12-28-26/h7-8,11-20H,9-10H2,1-6H3. The van der Waals surface area contributed by atoms with Gasteiger partial charge in [-0.15, -0.1) is 0 Å². The van der Waals surface area contributed by atoms with Crippen molar-refractivity contribution < 1.29 is 0 Å². The smallest absolute Gasteiger partial charge is 0.140 e. The molecule has 2 unspecified atom stereocenters. The molecule has 0 saturated carbocycles. The Morgan fingerprint density at radius 2 is 1.60 bits per heavy atom. The van der Waals surface area contributed by atoms with Gasteiger partial charge in [-0.05, 0) is 74.8 Å². The third-order valence-electron chi connectivity index (χ3n) is 6.49. The highest BCUT2D eigenvalue weighted by atomic mass is 15.0. The molecule has 4 heterocycles. The first-order chi connectivity index (χ1) is 14.4. The van der Waals surface area contributed by atoms with E-state index in [1.54, 1.807) is 0 Å². The largest absolute Gasteiger partial charge is 0.343 e. The Hall–Kier alpha value is -2.62. The zero-order chi connectivity index (χ0) is 21.4. The maximum atomic E-state index is 4.65. The summed E-state index contributed by atoms with van der Waals surface area (Å²) in [5, 5.41) is 2.63. The van der Waals surface area contributed by atoms with Crippen LogP contribution in [0.4, 0.5) is 0 Å². The Morgan fingerprint density at radius 1 is 0.833 bits per heavy atom. The van der Waals surface area contributed by atoms with Crippen molar-refractivity contribution in [2.75, 3.05) is 0 Å². The van der Waals surface area contributed by atoms with E-state index in [2.05, 4.69) is 91.2 Å². The van der Waals surface area contributed by atoms with Crippen LogP contribution in [-0.2, 0) is 0 Å². The number of aromatic nitrogens is 4. The lowest BCUT2D eigenvalue weighted by molar-refractivity contribution is 0.476. The molecule has 0 bridgehead atoms. The summed E-state index contributed by atoms with van der Waals surface area (Å²) in [7, 11) is 0. The highest BCUT2D eigenvalue weighted by Gasteiger charge is 2.19. The van der Waals surface area contributed by atoms with Crippen molar-refractivity contribution in [1.82, 2.24) is 19.1 Å². The topological polar surface area (TPSA) is 35.6 Å². The van der Waals surface area contributed by atoms with Crippen molar-refractivity contribution in [2.45, 2.75) is 78.3 Å². The average Bonchev–Trinajstić information content (AvgIpc) is 3.31. The van der Waals surface area contributed by atoms with E-state index in [4.69, 9.17) is 0 Å². The summed E-state index contributed by atoms with van der Waals surface area (Å²) in [5.74, 6) is 1.00. The maximum Gasteiger partial charge on any atom is 0.140 e. The van der Waals surface area contributed by atoms with Crippen LogP contribution in [-0.4, -0.2) is 19.1 Å². The first kappa shape index (κ1) is 20.6. The molecule has 0 fully saturated rings. The lowest BCUT2D eigenvalue weighted by Gasteiger charge is -2.18. The molecule has 0 spiro atoms. The van der Waals surface area contributed by atoms with E-state index in [9.17, 15) is 0 Å². The zero-order valence-corrected chi connectivity index (χ0v) is 19.1. The normalized spacial score (nSPS) is 14.3. The van der Waals surface area contributed by atoms with Crippen LogP contribution in [0.1, 0.15) is 89.4 Å². The molecule has 4 heteroatoms. The summed E-state index contributed by atoms with van der Waals surface area (Å²) in [6.45, 7) is 13.7. The van der Waals surface area contributed by atoms with Crippen LogP contribution in [0.3, 0.4) is 0 Å². The van der Waals surface area contributed by atoms with Crippen molar-refractivity contribution in [2.24, 2.45) is 0 Å². The minimum atomic E-state index is 0.412. The number of hydrogen-bond donors (Lipinski definition) is 0. The summed E-state index contributed by atoms with van der Waals surface area (Å²) in [6, 6.07) is 7.28. The van der Waals surface area contributed by atoms with Crippen molar-refractivity contribution in [3.05, 3.63) is 60.3 Å². The van der Waals surface area contributed by atoms with E-state index in [-0.39, 0.29) is 0 Å². The van der Waals surface area contributed by atoms with Crippen LogP contribution in [0, 0.1) is 0 Å². The molecule has 0 aliphatic rings. The van der Waals surface area contributed by atoms with Gasteiger partial charge in [-0.2, -0.15) is 0 Å². The summed E-state index contributed by atoms with van der Waals surface area (Å²) < 4.78 is 4.74. The third kappa shape index (κ3) is 3.64. The molecule has 0 amide bonds. The third-order valence-corrected chi connectivity index (χ3v) is 6.49. The second-order valence-electron chi connectivity index (χ2n) is 9.33. The highest BCUT2D eigenvalue weighted by molar-refractivity contribution is 5.84. The van der Waals surface area contributed by atoms with Gasteiger partial charge in [0.25, 0.3) is 0 Å². The van der Waals surface area contributed by atoms with E-state index in [0.717, 1.165) is 18.5 Å². The van der Waals surface area contributed by atoms with Crippen LogP contribution in [0.5, 0.6) is 0 Å². The monoisotopic (exact) mass is 402 g/mol. The molecule has 4 rings (SSSR count). The SMILES string of the molecule is CC(C)c1cn(C(C)CCC(C)c2cn(C(C)C)c3ncccc23)c2cnccc12. The number of fused-ring (bicyclic) bond motifs is 2. The second kappa shape index (κ2) is 8.25. The molecule has 4 aromatic heterocycles. The fourth-order valence-corrected chi connectivity index (χ4v) is 4.63. The van der Waals surface area contributed by atoms with Gasteiger partial charge >= 0.3 is 0 Å². The summed E-state index contributed by atoms with van der Waals surface area (Å²) in [4.78, 5) is 9.05. The molecule has 0 aromatic carbocycles. The highest BCUT2D eigenvalue weighted by Crippen LogP contribution is 2.34. The summed E-state index contributed by atoms with van der Waals surface area (Å²) in [5.41, 5.74) is 5.19. The van der Waals surface area contributed by atoms with Crippen LogP contribution < -0.4 is 0 Å². The van der Waals surface area contributed by atoms with Gasteiger partial charge in [0.1, 0.15) is 5.65 Å². The van der Waals surface area contributed by atoms with Crippen molar-refractivity contribution >= 4 is 21.9 Å². The van der Waals surface area contributed by atoms with Gasteiger partial charge in [0.2, 0.25) is 0 Å². The van der Waals surface area contributed by atoms with Crippen LogP contribution in [0.25, 0.3) is 21.9 Å². The number of pyridine rings is 2. The molecule has 0 aliphatic carbocycles. The summed E-state index contributed by atoms with van der Waals surface area (Å²) >= 11 is 0. The molecule has 4 aromatic rings. The molecule has 2 atom stereocenters. The summed E-state index contributed by atoms with van der Waals surface area (Å²) in [6.07, 6.45) is 12.8. The van der Waals surface area contributed by atoms with E-state index in [0.29, 0.717) is 23.9 Å². The van der Waals surface area contributed by atoms with Crippen LogP contribution in [0.2, 0.25) is 0 Å². The first-order valence-corrected chi connectivity index (χ1v) is 11.3. The van der Waals surface area contributed by atoms with Gasteiger partial charge in [-0.1, -0.05) is 20.8 Å². The Kier molecular flexibility index (Phi) is 5.68. The first-order valence-electron chi connectivity index (χ1n) is 11.3. The molecule has 0 N–H and O–H groups in total. The second-order valence-corrected chi connectivity index (χ2v) is 9.33. The Bertz CT molecular complexity index is 1060. The van der Waals surface area contributed by atoms with E-state index < -0.39 is 0 Å². The van der Waals surface area contributed by atoms with E-state index >= 15 is 0 Å². The van der Waals surface area contributed by atoms with Crippen molar-refractivity contribution in [3.63, 3.8) is 0 Å².